The van der Waals surface area contributed by atoms with Gasteiger partial charge < -0.3 is 20.7 Å². The molecule has 0 aromatic carbocycles. The molecule has 2 rings (SSSR count). The first-order valence-corrected chi connectivity index (χ1v) is 7.04. The molecule has 112 valence electrons. The van der Waals surface area contributed by atoms with Crippen molar-refractivity contribution < 1.29 is 4.74 Å². The SMILES string of the molecule is CCNc1cc(N2CC(C)(C)OC(C)(C)C2)nc(N)n1. The van der Waals surface area contributed by atoms with Crippen LogP contribution in [-0.4, -0.2) is 40.8 Å². The largest absolute Gasteiger partial charge is 0.370 e. The van der Waals surface area contributed by atoms with Gasteiger partial charge in [0, 0.05) is 25.7 Å². The third-order valence-corrected chi connectivity index (χ3v) is 3.11. The zero-order chi connectivity index (χ0) is 15.0. The van der Waals surface area contributed by atoms with E-state index in [2.05, 4.69) is 47.9 Å². The number of nitrogens with two attached hydrogens (primary N) is 1. The Morgan fingerprint density at radius 3 is 2.40 bits per heavy atom. The number of rotatable bonds is 3. The number of anilines is 3. The highest BCUT2D eigenvalue weighted by Crippen LogP contribution is 2.31. The summed E-state index contributed by atoms with van der Waals surface area (Å²) in [6.07, 6.45) is 0. The first kappa shape index (κ1) is 14.8. The zero-order valence-corrected chi connectivity index (χ0v) is 13.0. The normalized spacial score (nSPS) is 20.8. The van der Waals surface area contributed by atoms with E-state index in [1.807, 2.05) is 13.0 Å². The maximum atomic E-state index is 6.09. The molecule has 0 bridgehead atoms. The summed E-state index contributed by atoms with van der Waals surface area (Å²) < 4.78 is 6.09. The second-order valence-corrected chi connectivity index (χ2v) is 6.48. The van der Waals surface area contributed by atoms with Gasteiger partial charge in [-0.2, -0.15) is 9.97 Å². The highest BCUT2D eigenvalue weighted by molar-refractivity contribution is 5.53. The maximum absolute atomic E-state index is 6.09. The van der Waals surface area contributed by atoms with Crippen LogP contribution >= 0.6 is 0 Å². The van der Waals surface area contributed by atoms with Crippen LogP contribution in [0.25, 0.3) is 0 Å². The van der Waals surface area contributed by atoms with E-state index < -0.39 is 0 Å². The first-order valence-electron chi connectivity index (χ1n) is 7.04. The van der Waals surface area contributed by atoms with E-state index in [4.69, 9.17) is 10.5 Å². The summed E-state index contributed by atoms with van der Waals surface area (Å²) in [5, 5.41) is 3.18. The highest BCUT2D eigenvalue weighted by Gasteiger charge is 2.38. The minimum atomic E-state index is -0.222. The van der Waals surface area contributed by atoms with E-state index in [0.29, 0.717) is 5.95 Å². The molecule has 1 aromatic heterocycles. The summed E-state index contributed by atoms with van der Waals surface area (Å²) in [5.74, 6) is 1.90. The van der Waals surface area contributed by atoms with Crippen LogP contribution in [0, 0.1) is 0 Å². The Morgan fingerprint density at radius 1 is 1.25 bits per heavy atom. The van der Waals surface area contributed by atoms with Gasteiger partial charge in [-0.1, -0.05) is 0 Å². The number of nitrogens with one attached hydrogen (secondary N) is 1. The maximum Gasteiger partial charge on any atom is 0.223 e. The fraction of sp³-hybridized carbons (Fsp3) is 0.714. The summed E-state index contributed by atoms with van der Waals surface area (Å²) in [7, 11) is 0. The molecule has 6 heteroatoms. The number of nitrogen functional groups attached to an aromatic ring is 1. The van der Waals surface area contributed by atoms with Crippen LogP contribution in [-0.2, 0) is 4.74 Å². The van der Waals surface area contributed by atoms with Gasteiger partial charge in [0.05, 0.1) is 11.2 Å². The van der Waals surface area contributed by atoms with Gasteiger partial charge in [0.2, 0.25) is 5.95 Å². The summed E-state index contributed by atoms with van der Waals surface area (Å²) in [6.45, 7) is 12.8. The van der Waals surface area contributed by atoms with Crippen molar-refractivity contribution in [1.29, 1.82) is 0 Å². The van der Waals surface area contributed by atoms with Crippen molar-refractivity contribution in [3.63, 3.8) is 0 Å². The Kier molecular flexibility index (Phi) is 3.77. The Labute approximate surface area is 120 Å². The Bertz CT molecular complexity index is 470. The van der Waals surface area contributed by atoms with Crippen molar-refractivity contribution in [2.45, 2.75) is 45.8 Å². The van der Waals surface area contributed by atoms with Crippen molar-refractivity contribution in [1.82, 2.24) is 9.97 Å². The average Bonchev–Trinajstić information content (AvgIpc) is 2.24. The quantitative estimate of drug-likeness (QED) is 0.880. The van der Waals surface area contributed by atoms with E-state index in [1.54, 1.807) is 0 Å². The van der Waals surface area contributed by atoms with Crippen LogP contribution in [0.1, 0.15) is 34.6 Å². The highest BCUT2D eigenvalue weighted by atomic mass is 16.5. The van der Waals surface area contributed by atoms with Gasteiger partial charge >= 0.3 is 0 Å². The average molecular weight is 279 g/mol. The fourth-order valence-corrected chi connectivity index (χ4v) is 2.84. The molecular weight excluding hydrogens is 254 g/mol. The van der Waals surface area contributed by atoms with Gasteiger partial charge in [0.15, 0.2) is 0 Å². The predicted octanol–water partition coefficient (Wildman–Crippen LogP) is 1.88. The van der Waals surface area contributed by atoms with Crippen molar-refractivity contribution in [2.24, 2.45) is 0 Å². The molecule has 1 aliphatic rings. The van der Waals surface area contributed by atoms with Crippen molar-refractivity contribution in [3.05, 3.63) is 6.07 Å². The van der Waals surface area contributed by atoms with E-state index in [0.717, 1.165) is 31.3 Å². The molecule has 1 saturated heterocycles. The number of ether oxygens (including phenoxy) is 1. The van der Waals surface area contributed by atoms with Crippen LogP contribution in [0.3, 0.4) is 0 Å². The summed E-state index contributed by atoms with van der Waals surface area (Å²) >= 11 is 0. The van der Waals surface area contributed by atoms with Crippen LogP contribution in [0.2, 0.25) is 0 Å². The number of hydrogen-bond acceptors (Lipinski definition) is 6. The molecule has 0 saturated carbocycles. The van der Waals surface area contributed by atoms with Crippen molar-refractivity contribution in [2.75, 3.05) is 35.6 Å². The Balaban J connectivity index is 2.30. The minimum Gasteiger partial charge on any atom is -0.370 e. The van der Waals surface area contributed by atoms with E-state index >= 15 is 0 Å². The molecule has 3 N–H and O–H groups in total. The number of hydrogen-bond donors (Lipinski definition) is 2. The molecule has 0 aliphatic carbocycles. The van der Waals surface area contributed by atoms with Crippen LogP contribution in [0.4, 0.5) is 17.6 Å². The van der Waals surface area contributed by atoms with E-state index in [9.17, 15) is 0 Å². The molecular formula is C14H25N5O. The molecule has 1 aromatic rings. The van der Waals surface area contributed by atoms with Gasteiger partial charge in [-0.05, 0) is 34.6 Å². The standard InChI is InChI=1S/C14H25N5O/c1-6-16-10-7-11(18-12(15)17-10)19-8-13(2,3)20-14(4,5)9-19/h7H,6,8-9H2,1-5H3,(H3,15,16,17,18). The van der Waals surface area contributed by atoms with Gasteiger partial charge in [0.25, 0.3) is 0 Å². The van der Waals surface area contributed by atoms with E-state index in [1.165, 1.54) is 0 Å². The van der Waals surface area contributed by atoms with Crippen LogP contribution in [0.15, 0.2) is 6.07 Å². The Hall–Kier alpha value is -1.56. The summed E-state index contributed by atoms with van der Waals surface area (Å²) in [5.41, 5.74) is 5.37. The molecule has 0 atom stereocenters. The number of aromatic nitrogens is 2. The molecule has 0 spiro atoms. The number of nitrogens with zero attached hydrogens (tertiary/aromatic N) is 3. The van der Waals surface area contributed by atoms with Gasteiger partial charge in [0.1, 0.15) is 11.6 Å². The van der Waals surface area contributed by atoms with E-state index in [-0.39, 0.29) is 11.2 Å². The lowest BCUT2D eigenvalue weighted by molar-refractivity contribution is -0.133. The lowest BCUT2D eigenvalue weighted by Gasteiger charge is -2.47. The monoisotopic (exact) mass is 279 g/mol. The van der Waals surface area contributed by atoms with Gasteiger partial charge in [-0.3, -0.25) is 0 Å². The minimum absolute atomic E-state index is 0.222. The van der Waals surface area contributed by atoms with Crippen LogP contribution in [0.5, 0.6) is 0 Å². The first-order chi connectivity index (χ1) is 9.21. The third-order valence-electron chi connectivity index (χ3n) is 3.11. The molecule has 0 radical (unpaired) electrons. The fourth-order valence-electron chi connectivity index (χ4n) is 2.84. The molecule has 20 heavy (non-hydrogen) atoms. The predicted molar refractivity (Wildman–Crippen MR) is 82.1 cm³/mol. The third kappa shape index (κ3) is 3.50. The second kappa shape index (κ2) is 5.09. The molecule has 0 unspecified atom stereocenters. The molecule has 1 fully saturated rings. The van der Waals surface area contributed by atoms with Crippen LogP contribution < -0.4 is 16.0 Å². The summed E-state index contributed by atoms with van der Waals surface area (Å²) in [4.78, 5) is 10.8. The summed E-state index contributed by atoms with van der Waals surface area (Å²) in [6, 6.07) is 1.94. The molecule has 6 nitrogen and oxygen atoms in total. The zero-order valence-electron chi connectivity index (χ0n) is 13.0. The molecule has 1 aliphatic heterocycles. The topological polar surface area (TPSA) is 76.3 Å². The smallest absolute Gasteiger partial charge is 0.223 e. The van der Waals surface area contributed by atoms with Gasteiger partial charge in [-0.15, -0.1) is 0 Å². The van der Waals surface area contributed by atoms with Crippen molar-refractivity contribution in [3.8, 4) is 0 Å². The van der Waals surface area contributed by atoms with Gasteiger partial charge in [-0.25, -0.2) is 0 Å². The second-order valence-electron chi connectivity index (χ2n) is 6.48. The lowest BCUT2D eigenvalue weighted by atomic mass is 9.99. The molecule has 2 heterocycles. The molecule has 0 amide bonds. The Morgan fingerprint density at radius 2 is 1.85 bits per heavy atom. The van der Waals surface area contributed by atoms with Crippen molar-refractivity contribution >= 4 is 17.6 Å². The number of morpholine rings is 1. The lowest BCUT2D eigenvalue weighted by Crippen LogP contribution is -2.57.